The van der Waals surface area contributed by atoms with E-state index in [1.54, 1.807) is 12.4 Å². The van der Waals surface area contributed by atoms with E-state index in [-0.39, 0.29) is 5.95 Å². The van der Waals surface area contributed by atoms with Crippen molar-refractivity contribution in [2.24, 2.45) is 0 Å². The van der Waals surface area contributed by atoms with Gasteiger partial charge in [-0.3, -0.25) is 5.10 Å². The Hall–Kier alpha value is -1.62. The largest absolute Gasteiger partial charge is 0.368 e. The van der Waals surface area contributed by atoms with Gasteiger partial charge in [0.15, 0.2) is 0 Å². The van der Waals surface area contributed by atoms with E-state index in [1.165, 1.54) is 6.20 Å². The van der Waals surface area contributed by atoms with Gasteiger partial charge in [-0.2, -0.15) is 5.10 Å². The van der Waals surface area contributed by atoms with Crippen LogP contribution in [-0.4, -0.2) is 20.2 Å². The van der Waals surface area contributed by atoms with E-state index < -0.39 is 0 Å². The maximum Gasteiger partial charge on any atom is 0.220 e. The molecule has 0 aromatic carbocycles. The van der Waals surface area contributed by atoms with Crippen LogP contribution in [0.25, 0.3) is 11.3 Å². The van der Waals surface area contributed by atoms with E-state index in [2.05, 4.69) is 20.2 Å². The number of aromatic nitrogens is 4. The molecule has 0 saturated heterocycles. The molecule has 6 heteroatoms. The van der Waals surface area contributed by atoms with E-state index in [0.29, 0.717) is 10.7 Å². The highest BCUT2D eigenvalue weighted by atomic mass is 35.5. The number of aromatic amines is 1. The molecule has 0 aliphatic carbocycles. The number of rotatable bonds is 1. The molecule has 2 aromatic heterocycles. The van der Waals surface area contributed by atoms with Gasteiger partial charge in [-0.1, -0.05) is 11.6 Å². The van der Waals surface area contributed by atoms with Crippen LogP contribution in [0.1, 0.15) is 0 Å². The maximum atomic E-state index is 5.87. The van der Waals surface area contributed by atoms with Crippen LogP contribution in [0, 0.1) is 0 Å². The maximum absolute atomic E-state index is 5.87. The Morgan fingerprint density at radius 1 is 1.38 bits per heavy atom. The molecule has 0 bridgehead atoms. The summed E-state index contributed by atoms with van der Waals surface area (Å²) in [4.78, 5) is 7.74. The number of nitrogen functional groups attached to an aromatic ring is 1. The van der Waals surface area contributed by atoms with Crippen molar-refractivity contribution in [1.82, 2.24) is 20.2 Å². The molecule has 0 aliphatic rings. The van der Waals surface area contributed by atoms with Gasteiger partial charge in [-0.15, -0.1) is 0 Å². The Bertz CT molecular complexity index is 411. The predicted molar refractivity (Wildman–Crippen MR) is 49.0 cm³/mol. The van der Waals surface area contributed by atoms with E-state index in [0.717, 1.165) is 5.56 Å². The van der Waals surface area contributed by atoms with Crippen LogP contribution < -0.4 is 5.73 Å². The molecular weight excluding hydrogens is 190 g/mol. The summed E-state index contributed by atoms with van der Waals surface area (Å²) in [6.07, 6.45) is 4.77. The minimum atomic E-state index is 0.195. The second-order valence-electron chi connectivity index (χ2n) is 2.41. The molecule has 0 radical (unpaired) electrons. The van der Waals surface area contributed by atoms with Gasteiger partial charge in [-0.05, 0) is 0 Å². The van der Waals surface area contributed by atoms with Crippen LogP contribution in [0.5, 0.6) is 0 Å². The summed E-state index contributed by atoms with van der Waals surface area (Å²) < 4.78 is 0. The lowest BCUT2D eigenvalue weighted by Crippen LogP contribution is -1.95. The first-order valence-electron chi connectivity index (χ1n) is 3.54. The van der Waals surface area contributed by atoms with Crippen molar-refractivity contribution < 1.29 is 0 Å². The van der Waals surface area contributed by atoms with Gasteiger partial charge in [0, 0.05) is 11.8 Å². The van der Waals surface area contributed by atoms with Crippen molar-refractivity contribution in [3.05, 3.63) is 23.6 Å². The zero-order chi connectivity index (χ0) is 9.26. The number of nitrogens with one attached hydrogen (secondary N) is 1. The van der Waals surface area contributed by atoms with Crippen LogP contribution in [0.15, 0.2) is 18.6 Å². The molecule has 0 amide bonds. The summed E-state index contributed by atoms with van der Waals surface area (Å²) in [5, 5.41) is 6.90. The SMILES string of the molecule is Nc1ncc(Cl)c(-c2cn[nH]c2)n1. The highest BCUT2D eigenvalue weighted by Crippen LogP contribution is 2.23. The summed E-state index contributed by atoms with van der Waals surface area (Å²) in [5.41, 5.74) is 6.80. The third-order valence-corrected chi connectivity index (χ3v) is 1.81. The Morgan fingerprint density at radius 3 is 2.92 bits per heavy atom. The van der Waals surface area contributed by atoms with Gasteiger partial charge >= 0.3 is 0 Å². The van der Waals surface area contributed by atoms with Crippen molar-refractivity contribution in [2.45, 2.75) is 0 Å². The van der Waals surface area contributed by atoms with Gasteiger partial charge in [0.25, 0.3) is 0 Å². The van der Waals surface area contributed by atoms with Crippen molar-refractivity contribution >= 4 is 17.5 Å². The second kappa shape index (κ2) is 3.02. The first kappa shape index (κ1) is 8.00. The zero-order valence-corrected chi connectivity index (χ0v) is 7.28. The van der Waals surface area contributed by atoms with Crippen LogP contribution in [-0.2, 0) is 0 Å². The quantitative estimate of drug-likeness (QED) is 0.714. The smallest absolute Gasteiger partial charge is 0.220 e. The molecule has 3 N–H and O–H groups in total. The van der Waals surface area contributed by atoms with Gasteiger partial charge in [0.1, 0.15) is 0 Å². The number of nitrogens with zero attached hydrogens (tertiary/aromatic N) is 3. The lowest BCUT2D eigenvalue weighted by molar-refractivity contribution is 1.09. The monoisotopic (exact) mass is 195 g/mol. The lowest BCUT2D eigenvalue weighted by atomic mass is 10.2. The lowest BCUT2D eigenvalue weighted by Gasteiger charge is -1.99. The number of hydrogen-bond donors (Lipinski definition) is 2. The summed E-state index contributed by atoms with van der Waals surface area (Å²) in [6.45, 7) is 0. The van der Waals surface area contributed by atoms with Crippen LogP contribution >= 0.6 is 11.6 Å². The Morgan fingerprint density at radius 2 is 2.23 bits per heavy atom. The van der Waals surface area contributed by atoms with E-state index in [4.69, 9.17) is 17.3 Å². The molecule has 2 aromatic rings. The summed E-state index contributed by atoms with van der Waals surface area (Å²) >= 11 is 5.87. The van der Waals surface area contributed by atoms with Crippen LogP contribution in [0.4, 0.5) is 5.95 Å². The average molecular weight is 196 g/mol. The number of hydrogen-bond acceptors (Lipinski definition) is 4. The molecule has 2 heterocycles. The molecule has 0 fully saturated rings. The van der Waals surface area contributed by atoms with Crippen LogP contribution in [0.3, 0.4) is 0 Å². The third kappa shape index (κ3) is 1.46. The number of nitrogens with two attached hydrogens (primary N) is 1. The van der Waals surface area contributed by atoms with E-state index in [9.17, 15) is 0 Å². The molecular formula is C7H6ClN5. The molecule has 2 rings (SSSR count). The molecule has 0 unspecified atom stereocenters. The van der Waals surface area contributed by atoms with Gasteiger partial charge in [0.05, 0.1) is 23.1 Å². The van der Waals surface area contributed by atoms with Crippen molar-refractivity contribution in [3.8, 4) is 11.3 Å². The topological polar surface area (TPSA) is 80.5 Å². The highest BCUT2D eigenvalue weighted by molar-refractivity contribution is 6.32. The molecule has 13 heavy (non-hydrogen) atoms. The molecule has 5 nitrogen and oxygen atoms in total. The number of H-pyrrole nitrogens is 1. The predicted octanol–water partition coefficient (Wildman–Crippen LogP) is 1.10. The Labute approximate surface area is 79.0 Å². The Kier molecular flexibility index (Phi) is 1.86. The van der Waals surface area contributed by atoms with Crippen molar-refractivity contribution in [2.75, 3.05) is 5.73 Å². The summed E-state index contributed by atoms with van der Waals surface area (Å²) in [7, 11) is 0. The standard InChI is InChI=1S/C7H6ClN5/c8-5-3-10-7(9)13-6(5)4-1-11-12-2-4/h1-3H,(H,11,12)(H2,9,10,13). The molecule has 0 spiro atoms. The van der Waals surface area contributed by atoms with Gasteiger partial charge < -0.3 is 5.73 Å². The van der Waals surface area contributed by atoms with E-state index in [1.807, 2.05) is 0 Å². The minimum absolute atomic E-state index is 0.195. The first-order valence-corrected chi connectivity index (χ1v) is 3.92. The van der Waals surface area contributed by atoms with E-state index >= 15 is 0 Å². The highest BCUT2D eigenvalue weighted by Gasteiger charge is 2.06. The van der Waals surface area contributed by atoms with Crippen molar-refractivity contribution in [1.29, 1.82) is 0 Å². The minimum Gasteiger partial charge on any atom is -0.368 e. The Balaban J connectivity index is 2.57. The fourth-order valence-corrected chi connectivity index (χ4v) is 1.16. The first-order chi connectivity index (χ1) is 6.27. The van der Waals surface area contributed by atoms with Gasteiger partial charge in [-0.25, -0.2) is 9.97 Å². The fourth-order valence-electron chi connectivity index (χ4n) is 0.964. The summed E-state index contributed by atoms with van der Waals surface area (Å²) in [6, 6.07) is 0. The third-order valence-electron chi connectivity index (χ3n) is 1.53. The van der Waals surface area contributed by atoms with Crippen LogP contribution in [0.2, 0.25) is 5.02 Å². The molecule has 0 saturated carbocycles. The number of halogens is 1. The molecule has 0 aliphatic heterocycles. The van der Waals surface area contributed by atoms with Gasteiger partial charge in [0.2, 0.25) is 5.95 Å². The average Bonchev–Trinajstić information content (AvgIpc) is 2.61. The second-order valence-corrected chi connectivity index (χ2v) is 2.82. The zero-order valence-electron chi connectivity index (χ0n) is 6.53. The normalized spacial score (nSPS) is 10.2. The summed E-state index contributed by atoms with van der Waals surface area (Å²) in [5.74, 6) is 0.195. The number of anilines is 1. The van der Waals surface area contributed by atoms with Crippen molar-refractivity contribution in [3.63, 3.8) is 0 Å². The fraction of sp³-hybridized carbons (Fsp3) is 0. The molecule has 0 atom stereocenters. The molecule has 66 valence electrons.